The minimum atomic E-state index is -0.379. The van der Waals surface area contributed by atoms with Crippen molar-refractivity contribution in [2.45, 2.75) is 13.0 Å². The molecule has 0 aliphatic heterocycles. The van der Waals surface area contributed by atoms with Crippen LogP contribution in [0.1, 0.15) is 12.0 Å². The SMILES string of the molecule is [NH3+]CCC[NH2+]Cc1ccc([N+](=O)[O-])cc1. The first-order chi connectivity index (χ1) is 7.24. The third kappa shape index (κ3) is 4.05. The molecule has 0 aromatic heterocycles. The number of quaternary nitrogens is 2. The molecule has 1 aromatic rings. The van der Waals surface area contributed by atoms with Gasteiger partial charge in [-0.1, -0.05) is 0 Å². The predicted molar refractivity (Wildman–Crippen MR) is 56.0 cm³/mol. The predicted octanol–water partition coefficient (Wildman–Crippen LogP) is -0.710. The third-order valence-electron chi connectivity index (χ3n) is 2.19. The average molecular weight is 211 g/mol. The van der Waals surface area contributed by atoms with E-state index in [1.165, 1.54) is 0 Å². The topological polar surface area (TPSA) is 87.4 Å². The van der Waals surface area contributed by atoms with Crippen LogP contribution >= 0.6 is 0 Å². The van der Waals surface area contributed by atoms with Crippen LogP contribution in [0, 0.1) is 10.1 Å². The van der Waals surface area contributed by atoms with Gasteiger partial charge in [-0.25, -0.2) is 0 Å². The summed E-state index contributed by atoms with van der Waals surface area (Å²) in [5, 5.41) is 12.6. The normalized spacial score (nSPS) is 10.2. The Morgan fingerprint density at radius 3 is 2.53 bits per heavy atom. The van der Waals surface area contributed by atoms with Crippen molar-refractivity contribution in [3.63, 3.8) is 0 Å². The second-order valence-electron chi connectivity index (χ2n) is 3.41. The Hall–Kier alpha value is -1.46. The van der Waals surface area contributed by atoms with Crippen LogP contribution in [0.5, 0.6) is 0 Å². The van der Waals surface area contributed by atoms with Gasteiger partial charge in [-0.05, 0) is 12.1 Å². The molecule has 0 unspecified atom stereocenters. The number of non-ortho nitro benzene ring substituents is 1. The van der Waals surface area contributed by atoms with Crippen molar-refractivity contribution < 1.29 is 16.0 Å². The Labute approximate surface area is 88.4 Å². The molecule has 5 nitrogen and oxygen atoms in total. The van der Waals surface area contributed by atoms with Gasteiger partial charge in [0, 0.05) is 24.1 Å². The van der Waals surface area contributed by atoms with Gasteiger partial charge < -0.3 is 11.1 Å². The van der Waals surface area contributed by atoms with Crippen LogP contribution in [-0.2, 0) is 6.54 Å². The molecule has 0 spiro atoms. The molecule has 0 aliphatic rings. The molecule has 0 radical (unpaired) electrons. The molecular formula is C10H17N3O2+2. The first kappa shape index (κ1) is 11.6. The summed E-state index contributed by atoms with van der Waals surface area (Å²) in [6, 6.07) is 6.70. The van der Waals surface area contributed by atoms with Crippen molar-refractivity contribution in [3.05, 3.63) is 39.9 Å². The lowest BCUT2D eigenvalue weighted by Gasteiger charge is -2.00. The van der Waals surface area contributed by atoms with Crippen LogP contribution in [0.4, 0.5) is 5.69 Å². The highest BCUT2D eigenvalue weighted by molar-refractivity contribution is 5.32. The van der Waals surface area contributed by atoms with Gasteiger partial charge in [0.15, 0.2) is 0 Å². The van der Waals surface area contributed by atoms with Gasteiger partial charge in [0.2, 0.25) is 0 Å². The van der Waals surface area contributed by atoms with Gasteiger partial charge in [-0.2, -0.15) is 0 Å². The van der Waals surface area contributed by atoms with Crippen molar-refractivity contribution in [1.29, 1.82) is 0 Å². The van der Waals surface area contributed by atoms with Crippen LogP contribution in [0.2, 0.25) is 0 Å². The molecule has 0 bridgehead atoms. The first-order valence-corrected chi connectivity index (χ1v) is 5.08. The summed E-state index contributed by atoms with van der Waals surface area (Å²) >= 11 is 0. The van der Waals surface area contributed by atoms with Gasteiger partial charge in [0.05, 0.1) is 18.0 Å². The molecule has 1 rings (SSSR count). The zero-order valence-corrected chi connectivity index (χ0v) is 8.69. The van der Waals surface area contributed by atoms with Gasteiger partial charge >= 0.3 is 0 Å². The summed E-state index contributed by atoms with van der Waals surface area (Å²) in [5.74, 6) is 0. The molecule has 15 heavy (non-hydrogen) atoms. The molecule has 0 heterocycles. The Morgan fingerprint density at radius 2 is 2.00 bits per heavy atom. The van der Waals surface area contributed by atoms with E-state index in [1.807, 2.05) is 0 Å². The standard InChI is InChI=1S/C10H15N3O2/c11-6-1-7-12-8-9-2-4-10(5-3-9)13(14)15/h2-5,12H,1,6-8,11H2/p+2. The van der Waals surface area contributed by atoms with E-state index in [1.54, 1.807) is 24.3 Å². The van der Waals surface area contributed by atoms with E-state index in [0.29, 0.717) is 0 Å². The molecule has 0 amide bonds. The highest BCUT2D eigenvalue weighted by Gasteiger charge is 2.04. The summed E-state index contributed by atoms with van der Waals surface area (Å²) in [5.41, 5.74) is 5.03. The van der Waals surface area contributed by atoms with Crippen molar-refractivity contribution in [3.8, 4) is 0 Å². The third-order valence-corrected chi connectivity index (χ3v) is 2.19. The lowest BCUT2D eigenvalue weighted by molar-refractivity contribution is -0.672. The number of nitrogens with two attached hydrogens (primary N) is 1. The summed E-state index contributed by atoms with van der Waals surface area (Å²) < 4.78 is 0. The Balaban J connectivity index is 2.39. The monoisotopic (exact) mass is 211 g/mol. The number of benzene rings is 1. The van der Waals surface area contributed by atoms with E-state index >= 15 is 0 Å². The van der Waals surface area contributed by atoms with Crippen LogP contribution in [0.15, 0.2) is 24.3 Å². The lowest BCUT2D eigenvalue weighted by atomic mass is 10.2. The van der Waals surface area contributed by atoms with Gasteiger partial charge in [0.25, 0.3) is 5.69 Å². The molecule has 0 saturated carbocycles. The zero-order valence-electron chi connectivity index (χ0n) is 8.69. The fourth-order valence-corrected chi connectivity index (χ4v) is 1.31. The van der Waals surface area contributed by atoms with Crippen molar-refractivity contribution in [2.75, 3.05) is 13.1 Å². The molecule has 82 valence electrons. The second kappa shape index (κ2) is 6.10. The van der Waals surface area contributed by atoms with Gasteiger partial charge in [-0.15, -0.1) is 0 Å². The van der Waals surface area contributed by atoms with Crippen LogP contribution < -0.4 is 11.1 Å². The van der Waals surface area contributed by atoms with Crippen molar-refractivity contribution in [2.24, 2.45) is 0 Å². The fourth-order valence-electron chi connectivity index (χ4n) is 1.31. The van der Waals surface area contributed by atoms with E-state index in [0.717, 1.165) is 31.6 Å². The number of nitro benzene ring substituents is 1. The highest BCUT2D eigenvalue weighted by atomic mass is 16.6. The Kier molecular flexibility index (Phi) is 4.73. The zero-order chi connectivity index (χ0) is 11.1. The van der Waals surface area contributed by atoms with E-state index < -0.39 is 0 Å². The smallest absolute Gasteiger partial charge is 0.269 e. The maximum atomic E-state index is 10.4. The fraction of sp³-hybridized carbons (Fsp3) is 0.400. The maximum Gasteiger partial charge on any atom is 0.269 e. The van der Waals surface area contributed by atoms with Gasteiger partial charge in [-0.3, -0.25) is 10.1 Å². The molecule has 1 aromatic carbocycles. The molecule has 0 saturated heterocycles. The van der Waals surface area contributed by atoms with E-state index in [4.69, 9.17) is 0 Å². The number of hydrogen-bond donors (Lipinski definition) is 2. The average Bonchev–Trinajstić information content (AvgIpc) is 2.25. The van der Waals surface area contributed by atoms with Gasteiger partial charge in [0.1, 0.15) is 6.54 Å². The minimum Gasteiger partial charge on any atom is -0.357 e. The van der Waals surface area contributed by atoms with Crippen molar-refractivity contribution in [1.82, 2.24) is 0 Å². The minimum absolute atomic E-state index is 0.150. The molecule has 5 N–H and O–H groups in total. The second-order valence-corrected chi connectivity index (χ2v) is 3.41. The molecule has 5 heteroatoms. The van der Waals surface area contributed by atoms with E-state index in [-0.39, 0.29) is 10.6 Å². The maximum absolute atomic E-state index is 10.4. The van der Waals surface area contributed by atoms with E-state index in [9.17, 15) is 10.1 Å². The molecule has 0 aliphatic carbocycles. The number of rotatable bonds is 6. The summed E-state index contributed by atoms with van der Waals surface area (Å²) in [4.78, 5) is 10.0. The Bertz CT molecular complexity index is 311. The van der Waals surface area contributed by atoms with Crippen LogP contribution in [-0.4, -0.2) is 18.0 Å². The molecular weight excluding hydrogens is 194 g/mol. The highest BCUT2D eigenvalue weighted by Crippen LogP contribution is 2.10. The number of nitrogens with zero attached hydrogens (tertiary/aromatic N) is 1. The Morgan fingerprint density at radius 1 is 1.33 bits per heavy atom. The van der Waals surface area contributed by atoms with Crippen LogP contribution in [0.3, 0.4) is 0 Å². The van der Waals surface area contributed by atoms with Crippen LogP contribution in [0.25, 0.3) is 0 Å². The summed E-state index contributed by atoms with van der Waals surface area (Å²) in [6.45, 7) is 2.88. The number of hydrogen-bond acceptors (Lipinski definition) is 2. The molecule has 0 atom stereocenters. The number of nitro groups is 1. The largest absolute Gasteiger partial charge is 0.357 e. The lowest BCUT2D eigenvalue weighted by Crippen LogP contribution is -2.83. The van der Waals surface area contributed by atoms with E-state index in [2.05, 4.69) is 11.1 Å². The first-order valence-electron chi connectivity index (χ1n) is 5.08. The summed E-state index contributed by atoms with van der Waals surface area (Å²) in [7, 11) is 0. The van der Waals surface area contributed by atoms with Crippen molar-refractivity contribution >= 4 is 5.69 Å². The molecule has 0 fully saturated rings. The quantitative estimate of drug-likeness (QED) is 0.370. The summed E-state index contributed by atoms with van der Waals surface area (Å²) in [6.07, 6.45) is 1.10.